The van der Waals surface area contributed by atoms with E-state index in [-0.39, 0.29) is 23.8 Å². The Morgan fingerprint density at radius 3 is 2.30 bits per heavy atom. The number of hydrogen-bond donors (Lipinski definition) is 2. The third-order valence-electron chi connectivity index (χ3n) is 7.36. The van der Waals surface area contributed by atoms with Crippen molar-refractivity contribution in [1.82, 2.24) is 4.31 Å². The Morgan fingerprint density at radius 2 is 1.65 bits per heavy atom. The first-order chi connectivity index (χ1) is 21.4. The largest absolute Gasteiger partial charge is 0.586 e. The number of nitrogens with one attached hydrogen (secondary N) is 2. The maximum absolute atomic E-state index is 13.9. The summed E-state index contributed by atoms with van der Waals surface area (Å²) in [7, 11) is -2.18. The van der Waals surface area contributed by atoms with Crippen LogP contribution < -0.4 is 24.8 Å². The summed E-state index contributed by atoms with van der Waals surface area (Å²) >= 11 is 0. The van der Waals surface area contributed by atoms with Gasteiger partial charge in [0, 0.05) is 24.8 Å². The van der Waals surface area contributed by atoms with E-state index in [0.717, 1.165) is 24.5 Å². The molecule has 2 aliphatic rings. The van der Waals surface area contributed by atoms with Crippen molar-refractivity contribution < 1.29 is 58.6 Å². The molecule has 2 N–H and O–H groups in total. The number of anilines is 2. The molecular formula is C29H25F6N3O7S. The van der Waals surface area contributed by atoms with E-state index >= 15 is 0 Å². The molecule has 0 saturated carbocycles. The fourth-order valence-corrected chi connectivity index (χ4v) is 6.08. The highest BCUT2D eigenvalue weighted by atomic mass is 32.2. The summed E-state index contributed by atoms with van der Waals surface area (Å²) in [4.78, 5) is 26.8. The average Bonchev–Trinajstić information content (AvgIpc) is 3.29. The van der Waals surface area contributed by atoms with Crippen molar-refractivity contribution in [3.05, 3.63) is 76.6 Å². The van der Waals surface area contributed by atoms with Crippen LogP contribution >= 0.6 is 0 Å². The van der Waals surface area contributed by atoms with E-state index in [0.29, 0.717) is 37.1 Å². The van der Waals surface area contributed by atoms with Gasteiger partial charge in [-0.15, -0.1) is 8.78 Å². The number of carbonyl (C=O) groups is 2. The summed E-state index contributed by atoms with van der Waals surface area (Å²) in [6, 6.07) is 8.00. The Kier molecular flexibility index (Phi) is 8.59. The van der Waals surface area contributed by atoms with Gasteiger partial charge in [0.15, 0.2) is 11.5 Å². The Morgan fingerprint density at radius 1 is 0.978 bits per heavy atom. The molecule has 0 radical (unpaired) electrons. The Bertz CT molecular complexity index is 1820. The molecule has 2 heterocycles. The van der Waals surface area contributed by atoms with Crippen molar-refractivity contribution in [3.8, 4) is 17.2 Å². The molecule has 3 aromatic carbocycles. The van der Waals surface area contributed by atoms with Gasteiger partial charge in [-0.05, 0) is 60.7 Å². The van der Waals surface area contributed by atoms with Gasteiger partial charge in [-0.2, -0.15) is 13.2 Å². The molecular weight excluding hydrogens is 648 g/mol. The molecule has 1 saturated heterocycles. The zero-order chi connectivity index (χ0) is 33.6. The zero-order valence-corrected chi connectivity index (χ0v) is 24.8. The fraction of sp³-hybridized carbons (Fsp3) is 0.310. The van der Waals surface area contributed by atoms with Crippen molar-refractivity contribution in [2.75, 3.05) is 37.1 Å². The molecule has 0 aliphatic carbocycles. The number of nitrogens with zero attached hydrogens (tertiary/aromatic N) is 1. The van der Waals surface area contributed by atoms with Crippen LogP contribution in [0.25, 0.3) is 0 Å². The topological polar surface area (TPSA) is 123 Å². The van der Waals surface area contributed by atoms with E-state index in [1.54, 1.807) is 6.07 Å². The number of methoxy groups -OCH3 is 1. The van der Waals surface area contributed by atoms with Gasteiger partial charge in [-0.1, -0.05) is 6.07 Å². The second-order valence-corrected chi connectivity index (χ2v) is 12.5. The number of amides is 2. The van der Waals surface area contributed by atoms with E-state index in [1.165, 1.54) is 23.5 Å². The van der Waals surface area contributed by atoms with Gasteiger partial charge in [0.2, 0.25) is 10.0 Å². The van der Waals surface area contributed by atoms with Crippen LogP contribution in [0.4, 0.5) is 37.7 Å². The summed E-state index contributed by atoms with van der Waals surface area (Å²) in [5.74, 6) is -4.97. The minimum Gasteiger partial charge on any atom is -0.496 e. The molecule has 246 valence electrons. The standard InChI is InChI=1S/C29H25F6N3O7S/c1-43-23-8-5-15(16-4-3-9-38(14-16)46(2,41)42)10-19(23)27(40)37-22-13-25-24(44-29(34,35)45-25)12-18(22)26(39)36-17-6-7-21(30)20(11-17)28(31,32)33/h5-8,10-13,16H,3-4,9,14H2,1-2H3,(H,36,39)(H,37,40). The van der Waals surface area contributed by atoms with Crippen molar-refractivity contribution in [2.24, 2.45) is 0 Å². The lowest BCUT2D eigenvalue weighted by atomic mass is 9.90. The van der Waals surface area contributed by atoms with Gasteiger partial charge < -0.3 is 24.8 Å². The maximum atomic E-state index is 13.9. The third kappa shape index (κ3) is 6.99. The van der Waals surface area contributed by atoms with Crippen LogP contribution in [0.3, 0.4) is 0 Å². The molecule has 3 aromatic rings. The number of hydrogen-bond acceptors (Lipinski definition) is 7. The minimum atomic E-state index is -5.08. The molecule has 0 aromatic heterocycles. The molecule has 1 unspecified atom stereocenters. The Labute approximate surface area is 258 Å². The first-order valence-electron chi connectivity index (χ1n) is 13.5. The number of piperidine rings is 1. The van der Waals surface area contributed by atoms with Gasteiger partial charge in [0.1, 0.15) is 11.6 Å². The first-order valence-corrected chi connectivity index (χ1v) is 15.4. The summed E-state index contributed by atoms with van der Waals surface area (Å²) in [6.45, 7) is 0.522. The summed E-state index contributed by atoms with van der Waals surface area (Å²) in [5.41, 5.74) is -2.50. The van der Waals surface area contributed by atoms with E-state index in [4.69, 9.17) is 4.74 Å². The van der Waals surface area contributed by atoms with E-state index in [2.05, 4.69) is 20.1 Å². The minimum absolute atomic E-state index is 0.0563. The number of sulfonamides is 1. The zero-order valence-electron chi connectivity index (χ0n) is 24.0. The van der Waals surface area contributed by atoms with Crippen molar-refractivity contribution in [2.45, 2.75) is 31.2 Å². The Hall–Kier alpha value is -4.51. The molecule has 1 atom stereocenters. The number of ether oxygens (including phenoxy) is 3. The van der Waals surface area contributed by atoms with Crippen molar-refractivity contribution in [3.63, 3.8) is 0 Å². The maximum Gasteiger partial charge on any atom is 0.586 e. The molecule has 5 rings (SSSR count). The predicted octanol–water partition coefficient (Wildman–Crippen LogP) is 5.82. The van der Waals surface area contributed by atoms with Crippen LogP contribution in [0.15, 0.2) is 48.5 Å². The lowest BCUT2D eigenvalue weighted by Crippen LogP contribution is -2.38. The van der Waals surface area contributed by atoms with Gasteiger partial charge in [-0.25, -0.2) is 17.1 Å². The number of halogens is 6. The summed E-state index contributed by atoms with van der Waals surface area (Å²) < 4.78 is 121. The number of carbonyl (C=O) groups excluding carboxylic acids is 2. The molecule has 17 heteroatoms. The predicted molar refractivity (Wildman–Crippen MR) is 151 cm³/mol. The number of benzene rings is 3. The van der Waals surface area contributed by atoms with Gasteiger partial charge in [0.05, 0.1) is 35.7 Å². The Balaban J connectivity index is 1.48. The lowest BCUT2D eigenvalue weighted by Gasteiger charge is -2.31. The van der Waals surface area contributed by atoms with Crippen LogP contribution in [-0.4, -0.2) is 57.3 Å². The first kappa shape index (κ1) is 32.9. The van der Waals surface area contributed by atoms with Crippen LogP contribution in [-0.2, 0) is 16.2 Å². The molecule has 0 spiro atoms. The molecule has 0 bridgehead atoms. The van der Waals surface area contributed by atoms with Gasteiger partial charge in [0.25, 0.3) is 11.8 Å². The average molecular weight is 674 g/mol. The van der Waals surface area contributed by atoms with Crippen LogP contribution in [0.1, 0.15) is 50.6 Å². The monoisotopic (exact) mass is 673 g/mol. The van der Waals surface area contributed by atoms with E-state index in [9.17, 15) is 44.3 Å². The van der Waals surface area contributed by atoms with E-state index in [1.807, 2.05) is 0 Å². The summed E-state index contributed by atoms with van der Waals surface area (Å²) in [5, 5.41) is 4.56. The smallest absolute Gasteiger partial charge is 0.496 e. The van der Waals surface area contributed by atoms with Gasteiger partial charge in [-0.3, -0.25) is 9.59 Å². The number of rotatable bonds is 7. The SMILES string of the molecule is COc1ccc(C2CCCN(S(C)(=O)=O)C2)cc1C(=O)Nc1cc2c(cc1C(=O)Nc1ccc(F)c(C(F)(F)F)c1)OC(F)(F)O2. The highest BCUT2D eigenvalue weighted by molar-refractivity contribution is 7.88. The van der Waals surface area contributed by atoms with Crippen molar-refractivity contribution in [1.29, 1.82) is 0 Å². The highest BCUT2D eigenvalue weighted by Gasteiger charge is 2.44. The second-order valence-electron chi connectivity index (χ2n) is 10.5. The van der Waals surface area contributed by atoms with Gasteiger partial charge >= 0.3 is 12.5 Å². The van der Waals surface area contributed by atoms with Crippen LogP contribution in [0.5, 0.6) is 17.2 Å². The third-order valence-corrected chi connectivity index (χ3v) is 8.63. The lowest BCUT2D eigenvalue weighted by molar-refractivity contribution is -0.286. The van der Waals surface area contributed by atoms with E-state index < -0.39 is 74.1 Å². The molecule has 10 nitrogen and oxygen atoms in total. The van der Waals surface area contributed by atoms with Crippen LogP contribution in [0, 0.1) is 5.82 Å². The number of fused-ring (bicyclic) bond motifs is 1. The van der Waals surface area contributed by atoms with Crippen LogP contribution in [0.2, 0.25) is 0 Å². The highest BCUT2D eigenvalue weighted by Crippen LogP contribution is 2.44. The number of alkyl halides is 5. The quantitative estimate of drug-likeness (QED) is 0.303. The molecule has 2 amide bonds. The fourth-order valence-electron chi connectivity index (χ4n) is 5.17. The second kappa shape index (κ2) is 12.0. The molecule has 1 fully saturated rings. The normalized spacial score (nSPS) is 17.8. The molecule has 2 aliphatic heterocycles. The van der Waals surface area contributed by atoms with Crippen molar-refractivity contribution >= 4 is 33.2 Å². The summed E-state index contributed by atoms with van der Waals surface area (Å²) in [6.07, 6.45) is -6.90. The molecule has 46 heavy (non-hydrogen) atoms.